The van der Waals surface area contributed by atoms with Crippen molar-refractivity contribution < 1.29 is 4.74 Å². The summed E-state index contributed by atoms with van der Waals surface area (Å²) in [6, 6.07) is 52.0. The fraction of sp³-hybridized carbons (Fsp3) is 0. The van der Waals surface area contributed by atoms with E-state index in [0.717, 1.165) is 11.5 Å². The number of hydrogen-bond acceptors (Lipinski definition) is 1. The van der Waals surface area contributed by atoms with Crippen molar-refractivity contribution in [1.82, 2.24) is 0 Å². The molecule has 3 heteroatoms. The highest BCUT2D eigenvalue weighted by Crippen LogP contribution is 2.36. The Labute approximate surface area is 229 Å². The van der Waals surface area contributed by atoms with Gasteiger partial charge in [-0.2, -0.15) is 0 Å². The molecule has 1 nitrogen and oxygen atoms in total. The highest BCUT2D eigenvalue weighted by molar-refractivity contribution is 7.27. The zero-order valence-electron chi connectivity index (χ0n) is 21.3. The molecule has 3 aliphatic rings. The lowest BCUT2D eigenvalue weighted by atomic mass is 9.35. The molecule has 6 aromatic rings. The maximum absolute atomic E-state index is 6.66. The molecule has 3 heterocycles. The van der Waals surface area contributed by atoms with Crippen LogP contribution in [0.15, 0.2) is 140 Å². The van der Waals surface area contributed by atoms with Crippen molar-refractivity contribution in [2.24, 2.45) is 0 Å². The lowest BCUT2D eigenvalue weighted by Gasteiger charge is -2.45. The van der Waals surface area contributed by atoms with Crippen molar-refractivity contribution in [3.05, 3.63) is 140 Å². The van der Waals surface area contributed by atoms with Gasteiger partial charge in [0.15, 0.2) is 8.07 Å². The van der Waals surface area contributed by atoms with E-state index in [1.807, 2.05) is 0 Å². The lowest BCUT2D eigenvalue weighted by molar-refractivity contribution is 0.488. The summed E-state index contributed by atoms with van der Waals surface area (Å²) >= 11 is 0. The summed E-state index contributed by atoms with van der Waals surface area (Å²) in [6.45, 7) is 0.153. The van der Waals surface area contributed by atoms with Crippen LogP contribution in [0.5, 0.6) is 11.5 Å². The van der Waals surface area contributed by atoms with Crippen molar-refractivity contribution >= 4 is 51.9 Å². The molecule has 0 N–H and O–H groups in total. The zero-order valence-corrected chi connectivity index (χ0v) is 22.3. The van der Waals surface area contributed by atoms with Crippen LogP contribution in [0.4, 0.5) is 0 Å². The average Bonchev–Trinajstić information content (AvgIpc) is 3.11. The minimum Gasteiger partial charge on any atom is -0.458 e. The van der Waals surface area contributed by atoms with Crippen LogP contribution in [0.3, 0.4) is 0 Å². The Morgan fingerprint density at radius 3 is 1.56 bits per heavy atom. The first-order valence-electron chi connectivity index (χ1n) is 13.7. The first-order chi connectivity index (χ1) is 19.4. The van der Waals surface area contributed by atoms with E-state index in [-0.39, 0.29) is 6.71 Å². The molecule has 1 spiro atoms. The van der Waals surface area contributed by atoms with Crippen LogP contribution in [-0.2, 0) is 0 Å². The maximum Gasteiger partial charge on any atom is 0.250 e. The molecule has 9 rings (SSSR count). The third kappa shape index (κ3) is 2.61. The number of benzene rings is 6. The van der Waals surface area contributed by atoms with Gasteiger partial charge >= 0.3 is 0 Å². The Balaban J connectivity index is 1.53. The van der Waals surface area contributed by atoms with Crippen LogP contribution in [0.25, 0.3) is 22.3 Å². The van der Waals surface area contributed by atoms with Gasteiger partial charge in [-0.15, -0.1) is 0 Å². The maximum atomic E-state index is 6.66. The van der Waals surface area contributed by atoms with E-state index < -0.39 is 8.07 Å². The van der Waals surface area contributed by atoms with Gasteiger partial charge in [0.1, 0.15) is 11.5 Å². The van der Waals surface area contributed by atoms with E-state index in [2.05, 4.69) is 140 Å². The summed E-state index contributed by atoms with van der Waals surface area (Å²) in [5, 5.41) is 5.86. The second kappa shape index (κ2) is 7.72. The van der Waals surface area contributed by atoms with E-state index >= 15 is 0 Å². The fourth-order valence-electron chi connectivity index (χ4n) is 7.67. The number of ether oxygens (including phenoxy) is 1. The lowest BCUT2D eigenvalue weighted by Crippen LogP contribution is -2.87. The average molecular weight is 510 g/mol. The number of fused-ring (bicyclic) bond motifs is 13. The van der Waals surface area contributed by atoms with Gasteiger partial charge < -0.3 is 4.74 Å². The van der Waals surface area contributed by atoms with Crippen molar-refractivity contribution in [3.8, 4) is 33.8 Å². The molecule has 0 saturated carbocycles. The molecule has 0 bridgehead atoms. The molecular weight excluding hydrogens is 487 g/mol. The Hall–Kier alpha value is -4.60. The highest BCUT2D eigenvalue weighted by atomic mass is 28.3. The summed E-state index contributed by atoms with van der Waals surface area (Å²) in [7, 11) is -2.76. The fourth-order valence-corrected chi connectivity index (χ4v) is 13.4. The van der Waals surface area contributed by atoms with E-state index in [4.69, 9.17) is 4.74 Å². The largest absolute Gasteiger partial charge is 0.458 e. The van der Waals surface area contributed by atoms with Gasteiger partial charge in [0.2, 0.25) is 0 Å². The standard InChI is InChI=1S/C36H23BOSi/c1-2-13-25-24(12-1)26-14-3-8-20-32(26)39(33-21-9-4-15-27(25)33)34-22-10-6-17-29(34)37-28-16-5-7-18-30(28)38-31-19-11-23-35(39)36(31)37/h1-23H. The summed E-state index contributed by atoms with van der Waals surface area (Å²) in [4.78, 5) is 0. The molecule has 0 amide bonds. The predicted octanol–water partition coefficient (Wildman–Crippen LogP) is 3.65. The Bertz CT molecular complexity index is 1910. The number of rotatable bonds is 0. The van der Waals surface area contributed by atoms with Crippen molar-refractivity contribution in [1.29, 1.82) is 0 Å². The molecule has 0 radical (unpaired) electrons. The van der Waals surface area contributed by atoms with Gasteiger partial charge in [0, 0.05) is 0 Å². The predicted molar refractivity (Wildman–Crippen MR) is 166 cm³/mol. The summed E-state index contributed by atoms with van der Waals surface area (Å²) in [5.74, 6) is 1.96. The molecule has 0 fully saturated rings. The van der Waals surface area contributed by atoms with Crippen LogP contribution >= 0.6 is 0 Å². The first kappa shape index (κ1) is 21.3. The van der Waals surface area contributed by atoms with Crippen LogP contribution < -0.4 is 41.9 Å². The van der Waals surface area contributed by atoms with Crippen LogP contribution in [0.2, 0.25) is 0 Å². The van der Waals surface area contributed by atoms with Crippen molar-refractivity contribution in [3.63, 3.8) is 0 Å². The second-order valence-electron chi connectivity index (χ2n) is 10.8. The second-order valence-corrected chi connectivity index (χ2v) is 14.4. The Kier molecular flexibility index (Phi) is 4.23. The van der Waals surface area contributed by atoms with Gasteiger partial charge in [-0.25, -0.2) is 0 Å². The van der Waals surface area contributed by atoms with Gasteiger partial charge in [0.25, 0.3) is 6.71 Å². The Morgan fingerprint density at radius 2 is 0.872 bits per heavy atom. The summed E-state index contributed by atoms with van der Waals surface area (Å²) < 4.78 is 6.66. The topological polar surface area (TPSA) is 9.23 Å². The van der Waals surface area contributed by atoms with Crippen LogP contribution in [0, 0.1) is 0 Å². The van der Waals surface area contributed by atoms with Crippen LogP contribution in [-0.4, -0.2) is 14.8 Å². The highest BCUT2D eigenvalue weighted by Gasteiger charge is 2.54. The number of hydrogen-bond donors (Lipinski definition) is 0. The molecule has 0 aliphatic carbocycles. The van der Waals surface area contributed by atoms with Gasteiger partial charge in [0.05, 0.1) is 0 Å². The quantitative estimate of drug-likeness (QED) is 0.283. The van der Waals surface area contributed by atoms with Gasteiger partial charge in [-0.05, 0) is 66.1 Å². The SMILES string of the molecule is c1ccc2c(c1)Oc1cccc3c1B2c1ccccc1[Si]31c2ccccc2-c2ccccc2-c2ccccc21. The molecule has 39 heavy (non-hydrogen) atoms. The van der Waals surface area contributed by atoms with Crippen molar-refractivity contribution in [2.45, 2.75) is 0 Å². The minimum atomic E-state index is -2.76. The monoisotopic (exact) mass is 510 g/mol. The third-order valence-corrected chi connectivity index (χ3v) is 14.0. The third-order valence-electron chi connectivity index (χ3n) is 9.05. The molecule has 180 valence electrons. The van der Waals surface area contributed by atoms with Crippen LogP contribution in [0.1, 0.15) is 0 Å². The molecule has 0 atom stereocenters. The summed E-state index contributed by atoms with van der Waals surface area (Å²) in [6.07, 6.45) is 0. The van der Waals surface area contributed by atoms with Gasteiger partial charge in [-0.3, -0.25) is 0 Å². The zero-order chi connectivity index (χ0) is 25.6. The van der Waals surface area contributed by atoms with Crippen molar-refractivity contribution in [2.75, 3.05) is 0 Å². The molecule has 0 saturated heterocycles. The van der Waals surface area contributed by atoms with E-state index in [1.54, 1.807) is 0 Å². The van der Waals surface area contributed by atoms with E-state index in [0.29, 0.717) is 0 Å². The smallest absolute Gasteiger partial charge is 0.250 e. The van der Waals surface area contributed by atoms with E-state index in [9.17, 15) is 0 Å². The molecule has 6 aromatic carbocycles. The normalized spacial score (nSPS) is 14.5. The molecule has 0 aromatic heterocycles. The Morgan fingerprint density at radius 1 is 0.385 bits per heavy atom. The first-order valence-corrected chi connectivity index (χ1v) is 15.7. The van der Waals surface area contributed by atoms with Gasteiger partial charge in [-0.1, -0.05) is 133 Å². The van der Waals surface area contributed by atoms with E-state index in [1.165, 1.54) is 59.4 Å². The number of para-hydroxylation sites is 1. The summed E-state index contributed by atoms with van der Waals surface area (Å²) in [5.41, 5.74) is 9.34. The molecule has 0 unspecified atom stereocenters. The minimum absolute atomic E-state index is 0.153. The molecule has 3 aliphatic heterocycles. The molecular formula is C36H23BOSi.